The van der Waals surface area contributed by atoms with Crippen molar-refractivity contribution < 1.29 is 32.9 Å². The maximum atomic E-state index is 12.9. The third-order valence-electron chi connectivity index (χ3n) is 14.3. The average molecular weight is 986 g/mol. The first-order valence-electron chi connectivity index (χ1n) is 30.4. The van der Waals surface area contributed by atoms with Crippen LogP contribution in [0.5, 0.6) is 0 Å². The molecule has 0 saturated carbocycles. The van der Waals surface area contributed by atoms with Gasteiger partial charge in [-0.25, -0.2) is 0 Å². The summed E-state index contributed by atoms with van der Waals surface area (Å²) in [7, 11) is 1.32. The summed E-state index contributed by atoms with van der Waals surface area (Å²) in [5, 5.41) is 13.9. The molecule has 0 aliphatic rings. The number of hydrogen-bond donors (Lipinski definition) is 2. The van der Waals surface area contributed by atoms with Gasteiger partial charge in [0.15, 0.2) is 0 Å². The summed E-state index contributed by atoms with van der Waals surface area (Å²) in [5.41, 5.74) is 0. The van der Waals surface area contributed by atoms with Gasteiger partial charge in [-0.3, -0.25) is 9.36 Å². The molecule has 1 amide bonds. The van der Waals surface area contributed by atoms with E-state index in [2.05, 4.69) is 19.2 Å². The van der Waals surface area contributed by atoms with Gasteiger partial charge in [0.1, 0.15) is 13.2 Å². The molecule has 408 valence electrons. The number of unbranched alkanes of at least 4 members (excludes halogenated alkanes) is 44. The third kappa shape index (κ3) is 53.3. The summed E-state index contributed by atoms with van der Waals surface area (Å²) in [6.07, 6.45) is 61.9. The molecule has 0 aliphatic heterocycles. The van der Waals surface area contributed by atoms with E-state index in [1.807, 2.05) is 21.1 Å². The van der Waals surface area contributed by atoms with Crippen LogP contribution < -0.4 is 10.2 Å². The van der Waals surface area contributed by atoms with Crippen LogP contribution >= 0.6 is 7.82 Å². The predicted octanol–water partition coefficient (Wildman–Crippen LogP) is 17.8. The lowest BCUT2D eigenvalue weighted by Gasteiger charge is -2.30. The number of hydrogen-bond acceptors (Lipinski definition) is 6. The van der Waals surface area contributed by atoms with Crippen LogP contribution in [0, 0.1) is 0 Å². The van der Waals surface area contributed by atoms with Gasteiger partial charge in [0, 0.05) is 6.42 Å². The van der Waals surface area contributed by atoms with Gasteiger partial charge >= 0.3 is 0 Å². The van der Waals surface area contributed by atoms with Crippen LogP contribution in [0.2, 0.25) is 0 Å². The number of carbonyl (C=O) groups is 1. The molecule has 0 rings (SSSR count). The predicted molar refractivity (Wildman–Crippen MR) is 293 cm³/mol. The van der Waals surface area contributed by atoms with Gasteiger partial charge in [-0.15, -0.1) is 0 Å². The maximum Gasteiger partial charge on any atom is 0.268 e. The Hall–Kier alpha value is -0.500. The number of rotatable bonds is 57. The second kappa shape index (κ2) is 51.4. The largest absolute Gasteiger partial charge is 0.756 e. The van der Waals surface area contributed by atoms with Crippen molar-refractivity contribution in [1.29, 1.82) is 0 Å². The molecule has 0 bridgehead atoms. The van der Waals surface area contributed by atoms with E-state index in [4.69, 9.17) is 9.05 Å². The van der Waals surface area contributed by atoms with Gasteiger partial charge in [0.05, 0.1) is 39.9 Å². The van der Waals surface area contributed by atoms with Crippen LogP contribution in [-0.4, -0.2) is 68.5 Å². The minimum Gasteiger partial charge on any atom is -0.756 e. The molecule has 9 heteroatoms. The highest BCUT2D eigenvalue weighted by molar-refractivity contribution is 7.45. The van der Waals surface area contributed by atoms with Crippen LogP contribution in [0.15, 0.2) is 0 Å². The number of phosphoric ester groups is 1. The summed E-state index contributed by atoms with van der Waals surface area (Å²) in [4.78, 5) is 25.4. The highest BCUT2D eigenvalue weighted by atomic mass is 31.2. The lowest BCUT2D eigenvalue weighted by atomic mass is 10.0. The van der Waals surface area contributed by atoms with Crippen molar-refractivity contribution in [3.05, 3.63) is 0 Å². The smallest absolute Gasteiger partial charge is 0.268 e. The molecule has 0 aromatic carbocycles. The van der Waals surface area contributed by atoms with Crippen LogP contribution in [-0.2, 0) is 18.4 Å². The van der Waals surface area contributed by atoms with Crippen molar-refractivity contribution in [3.8, 4) is 0 Å². The van der Waals surface area contributed by atoms with Crippen LogP contribution in [0.1, 0.15) is 322 Å². The number of nitrogens with one attached hydrogen (secondary N) is 1. The summed E-state index contributed by atoms with van der Waals surface area (Å²) in [5.74, 6) is -0.160. The molecule has 3 unspecified atom stereocenters. The first-order valence-corrected chi connectivity index (χ1v) is 31.8. The Labute approximate surface area is 425 Å². The Bertz CT molecular complexity index is 1070. The van der Waals surface area contributed by atoms with Crippen molar-refractivity contribution >= 4 is 13.7 Å². The molecule has 0 saturated heterocycles. The minimum absolute atomic E-state index is 0.0159. The normalized spacial score (nSPS) is 13.8. The molecular weight excluding hydrogens is 864 g/mol. The molecular formula is C59H121N2O6P. The molecule has 0 aromatic rings. The number of amides is 1. The molecule has 0 radical (unpaired) electrons. The number of aliphatic hydroxyl groups excluding tert-OH is 1. The Kier molecular flexibility index (Phi) is 51.0. The number of nitrogens with zero attached hydrogens (tertiary/aromatic N) is 1. The fourth-order valence-electron chi connectivity index (χ4n) is 9.57. The van der Waals surface area contributed by atoms with Crippen molar-refractivity contribution in [2.24, 2.45) is 0 Å². The summed E-state index contributed by atoms with van der Waals surface area (Å²) in [6, 6.07) is -0.793. The van der Waals surface area contributed by atoms with Crippen molar-refractivity contribution in [3.63, 3.8) is 0 Å². The van der Waals surface area contributed by atoms with Crippen molar-refractivity contribution in [2.45, 2.75) is 334 Å². The Morgan fingerprint density at radius 3 is 1.00 bits per heavy atom. The van der Waals surface area contributed by atoms with E-state index in [1.54, 1.807) is 0 Å². The van der Waals surface area contributed by atoms with Gasteiger partial charge in [-0.05, 0) is 12.8 Å². The molecule has 0 fully saturated rings. The van der Waals surface area contributed by atoms with Crippen LogP contribution in [0.3, 0.4) is 0 Å². The lowest BCUT2D eigenvalue weighted by Crippen LogP contribution is -2.46. The Balaban J connectivity index is 3.75. The monoisotopic (exact) mass is 985 g/mol. The number of quaternary nitrogens is 1. The fraction of sp³-hybridized carbons (Fsp3) is 0.983. The van der Waals surface area contributed by atoms with Crippen LogP contribution in [0.25, 0.3) is 0 Å². The SMILES string of the molecule is CCCCCCCCCCCCCCCCCCCCCCCCCCCCCCCCCCCCCCCC(=O)NC(COP(=O)([O-])OCC[N+](C)(C)C)C(O)CCCCCCCCCCC. The minimum atomic E-state index is -4.56. The fourth-order valence-corrected chi connectivity index (χ4v) is 10.3. The van der Waals surface area contributed by atoms with E-state index in [9.17, 15) is 19.4 Å². The van der Waals surface area contributed by atoms with Crippen molar-refractivity contribution in [2.75, 3.05) is 40.9 Å². The molecule has 0 aliphatic carbocycles. The summed E-state index contributed by atoms with van der Waals surface area (Å²) < 4.78 is 23.3. The third-order valence-corrected chi connectivity index (χ3v) is 15.3. The summed E-state index contributed by atoms with van der Waals surface area (Å²) in [6.45, 7) is 4.74. The van der Waals surface area contributed by atoms with Gasteiger partial charge in [-0.1, -0.05) is 303 Å². The molecule has 2 N–H and O–H groups in total. The van der Waals surface area contributed by atoms with Gasteiger partial charge in [0.25, 0.3) is 7.82 Å². The summed E-state index contributed by atoms with van der Waals surface area (Å²) >= 11 is 0. The first-order chi connectivity index (χ1) is 33.0. The average Bonchev–Trinajstić information content (AvgIpc) is 3.30. The zero-order chi connectivity index (χ0) is 49.9. The number of phosphoric acid groups is 1. The maximum absolute atomic E-state index is 12.9. The molecule has 68 heavy (non-hydrogen) atoms. The van der Waals surface area contributed by atoms with E-state index in [0.717, 1.165) is 38.5 Å². The van der Waals surface area contributed by atoms with Gasteiger partial charge < -0.3 is 28.8 Å². The van der Waals surface area contributed by atoms with E-state index in [-0.39, 0.29) is 19.1 Å². The van der Waals surface area contributed by atoms with E-state index >= 15 is 0 Å². The lowest BCUT2D eigenvalue weighted by molar-refractivity contribution is -0.870. The number of aliphatic hydroxyl groups is 1. The van der Waals surface area contributed by atoms with Gasteiger partial charge in [0.2, 0.25) is 5.91 Å². The van der Waals surface area contributed by atoms with E-state index in [0.29, 0.717) is 23.9 Å². The number of carbonyl (C=O) groups excluding carboxylic acids is 1. The highest BCUT2D eigenvalue weighted by Crippen LogP contribution is 2.38. The standard InChI is InChI=1S/C59H121N2O6P/c1-6-8-10-12-14-16-17-18-19-20-21-22-23-24-25-26-27-28-29-30-31-32-33-34-35-36-37-38-39-40-41-42-43-45-47-49-51-53-59(63)60-57(56-67-68(64,65)66-55-54-61(3,4)5)58(62)52-50-48-46-44-15-13-11-9-7-2/h57-58,62H,6-56H2,1-5H3,(H-,60,63,64,65). The molecule has 0 spiro atoms. The molecule has 8 nitrogen and oxygen atoms in total. The first kappa shape index (κ1) is 67.5. The number of likely N-dealkylation sites (N-methyl/N-ethyl adjacent to an activating group) is 1. The zero-order valence-corrected chi connectivity index (χ0v) is 47.5. The molecule has 0 aromatic heterocycles. The highest BCUT2D eigenvalue weighted by Gasteiger charge is 2.24. The van der Waals surface area contributed by atoms with Gasteiger partial charge in [-0.2, -0.15) is 0 Å². The van der Waals surface area contributed by atoms with E-state index in [1.165, 1.54) is 257 Å². The van der Waals surface area contributed by atoms with Crippen molar-refractivity contribution in [1.82, 2.24) is 5.32 Å². The zero-order valence-electron chi connectivity index (χ0n) is 46.6. The second-order valence-electron chi connectivity index (χ2n) is 22.4. The Morgan fingerprint density at radius 1 is 0.456 bits per heavy atom. The molecule has 0 heterocycles. The topological polar surface area (TPSA) is 108 Å². The molecule has 3 atom stereocenters. The quantitative estimate of drug-likeness (QED) is 0.0357. The Morgan fingerprint density at radius 2 is 0.721 bits per heavy atom. The van der Waals surface area contributed by atoms with E-state index < -0.39 is 20.0 Å². The second-order valence-corrected chi connectivity index (χ2v) is 23.8. The van der Waals surface area contributed by atoms with Crippen LogP contribution in [0.4, 0.5) is 0 Å².